The zero-order chi connectivity index (χ0) is 14.6. The Kier molecular flexibility index (Phi) is 4.89. The van der Waals surface area contributed by atoms with Crippen LogP contribution in [-0.2, 0) is 0 Å². The van der Waals surface area contributed by atoms with Gasteiger partial charge in [0.2, 0.25) is 0 Å². The lowest BCUT2D eigenvalue weighted by atomic mass is 9.94. The standard InChI is InChI=1S/C14H21FN2O2/c1-9(2)7-14(3,19)8-17-13(18)10-4-5-11(15)12(16)6-10/h4-6,9,19H,7-8,16H2,1-3H3,(H,17,18). The van der Waals surface area contributed by atoms with Gasteiger partial charge in [-0.15, -0.1) is 0 Å². The normalized spacial score (nSPS) is 14.2. The number of hydrogen-bond acceptors (Lipinski definition) is 3. The van der Waals surface area contributed by atoms with Gasteiger partial charge in [-0.2, -0.15) is 0 Å². The average Bonchev–Trinajstić information content (AvgIpc) is 2.28. The van der Waals surface area contributed by atoms with E-state index in [1.807, 2.05) is 13.8 Å². The topological polar surface area (TPSA) is 75.3 Å². The molecule has 1 aromatic rings. The number of aliphatic hydroxyl groups is 1. The van der Waals surface area contributed by atoms with E-state index in [4.69, 9.17) is 5.73 Å². The summed E-state index contributed by atoms with van der Waals surface area (Å²) in [6.07, 6.45) is 0.582. The summed E-state index contributed by atoms with van der Waals surface area (Å²) in [6.45, 7) is 5.81. The number of nitrogens with two attached hydrogens (primary N) is 1. The molecule has 4 N–H and O–H groups in total. The minimum Gasteiger partial charge on any atom is -0.396 e. The Hall–Kier alpha value is -1.62. The van der Waals surface area contributed by atoms with Crippen molar-refractivity contribution < 1.29 is 14.3 Å². The van der Waals surface area contributed by atoms with Gasteiger partial charge in [0.05, 0.1) is 11.3 Å². The van der Waals surface area contributed by atoms with Crippen LogP contribution in [0.5, 0.6) is 0 Å². The molecular weight excluding hydrogens is 247 g/mol. The van der Waals surface area contributed by atoms with E-state index in [9.17, 15) is 14.3 Å². The molecule has 1 atom stereocenters. The monoisotopic (exact) mass is 268 g/mol. The van der Waals surface area contributed by atoms with E-state index < -0.39 is 11.4 Å². The lowest BCUT2D eigenvalue weighted by Gasteiger charge is -2.25. The van der Waals surface area contributed by atoms with Crippen LogP contribution in [0.3, 0.4) is 0 Å². The van der Waals surface area contributed by atoms with Gasteiger partial charge in [-0.05, 0) is 37.5 Å². The summed E-state index contributed by atoms with van der Waals surface area (Å²) >= 11 is 0. The predicted octanol–water partition coefficient (Wildman–Crippen LogP) is 1.93. The van der Waals surface area contributed by atoms with Gasteiger partial charge in [0.15, 0.2) is 0 Å². The van der Waals surface area contributed by atoms with Crippen molar-refractivity contribution in [2.24, 2.45) is 5.92 Å². The van der Waals surface area contributed by atoms with Crippen molar-refractivity contribution in [1.82, 2.24) is 5.32 Å². The first-order valence-electron chi connectivity index (χ1n) is 6.27. The van der Waals surface area contributed by atoms with Crippen LogP contribution in [0.1, 0.15) is 37.6 Å². The van der Waals surface area contributed by atoms with Crippen LogP contribution in [-0.4, -0.2) is 23.2 Å². The van der Waals surface area contributed by atoms with Crippen molar-refractivity contribution in [2.75, 3.05) is 12.3 Å². The van der Waals surface area contributed by atoms with Gasteiger partial charge in [-0.25, -0.2) is 4.39 Å². The molecule has 0 radical (unpaired) electrons. The Morgan fingerprint density at radius 1 is 1.53 bits per heavy atom. The Labute approximate surface area is 112 Å². The third-order valence-corrected chi connectivity index (χ3v) is 2.74. The number of carbonyl (C=O) groups is 1. The molecule has 0 saturated carbocycles. The first kappa shape index (κ1) is 15.4. The lowest BCUT2D eigenvalue weighted by Crippen LogP contribution is -2.41. The van der Waals surface area contributed by atoms with Crippen molar-refractivity contribution >= 4 is 11.6 Å². The van der Waals surface area contributed by atoms with E-state index in [0.717, 1.165) is 6.07 Å². The van der Waals surface area contributed by atoms with Crippen molar-refractivity contribution in [2.45, 2.75) is 32.8 Å². The Morgan fingerprint density at radius 3 is 2.68 bits per heavy atom. The zero-order valence-corrected chi connectivity index (χ0v) is 11.5. The minimum absolute atomic E-state index is 0.0680. The van der Waals surface area contributed by atoms with E-state index in [1.165, 1.54) is 12.1 Å². The molecule has 1 rings (SSSR count). The molecule has 1 amide bonds. The molecule has 0 fully saturated rings. The summed E-state index contributed by atoms with van der Waals surface area (Å²) in [5.74, 6) is -0.604. The Bertz CT molecular complexity index is 459. The highest BCUT2D eigenvalue weighted by Gasteiger charge is 2.22. The molecule has 19 heavy (non-hydrogen) atoms. The highest BCUT2D eigenvalue weighted by atomic mass is 19.1. The molecule has 0 aliphatic rings. The third-order valence-electron chi connectivity index (χ3n) is 2.74. The van der Waals surface area contributed by atoms with E-state index >= 15 is 0 Å². The van der Waals surface area contributed by atoms with Crippen molar-refractivity contribution in [1.29, 1.82) is 0 Å². The summed E-state index contributed by atoms with van der Waals surface area (Å²) in [4.78, 5) is 11.8. The highest BCUT2D eigenvalue weighted by Crippen LogP contribution is 2.16. The van der Waals surface area contributed by atoms with E-state index in [-0.39, 0.29) is 23.7 Å². The molecule has 0 aromatic heterocycles. The van der Waals surface area contributed by atoms with Crippen molar-refractivity contribution in [3.8, 4) is 0 Å². The molecule has 0 aliphatic heterocycles. The van der Waals surface area contributed by atoms with Gasteiger partial charge < -0.3 is 16.2 Å². The lowest BCUT2D eigenvalue weighted by molar-refractivity contribution is 0.0368. The SMILES string of the molecule is CC(C)CC(C)(O)CNC(=O)c1ccc(F)c(N)c1. The molecule has 0 saturated heterocycles. The van der Waals surface area contributed by atoms with Crippen LogP contribution >= 0.6 is 0 Å². The Morgan fingerprint density at radius 2 is 2.16 bits per heavy atom. The number of benzene rings is 1. The fourth-order valence-corrected chi connectivity index (χ4v) is 2.01. The first-order chi connectivity index (χ1) is 8.71. The molecule has 0 heterocycles. The molecule has 1 unspecified atom stereocenters. The highest BCUT2D eigenvalue weighted by molar-refractivity contribution is 5.95. The van der Waals surface area contributed by atoms with Crippen LogP contribution < -0.4 is 11.1 Å². The average molecular weight is 268 g/mol. The number of anilines is 1. The van der Waals surface area contributed by atoms with Crippen LogP contribution in [0.2, 0.25) is 0 Å². The largest absolute Gasteiger partial charge is 0.396 e. The molecular formula is C14H21FN2O2. The molecule has 106 valence electrons. The number of nitrogen functional groups attached to an aromatic ring is 1. The number of hydrogen-bond donors (Lipinski definition) is 3. The first-order valence-corrected chi connectivity index (χ1v) is 6.27. The fourth-order valence-electron chi connectivity index (χ4n) is 2.01. The maximum atomic E-state index is 13.0. The summed E-state index contributed by atoms with van der Waals surface area (Å²) in [7, 11) is 0. The van der Waals surface area contributed by atoms with Crippen molar-refractivity contribution in [3.05, 3.63) is 29.6 Å². The number of nitrogens with one attached hydrogen (secondary N) is 1. The Balaban J connectivity index is 2.62. The molecule has 0 aliphatic carbocycles. The van der Waals surface area contributed by atoms with E-state index in [0.29, 0.717) is 12.3 Å². The van der Waals surface area contributed by atoms with Crippen LogP contribution in [0.4, 0.5) is 10.1 Å². The maximum Gasteiger partial charge on any atom is 0.251 e. The van der Waals surface area contributed by atoms with E-state index in [2.05, 4.69) is 5.32 Å². The quantitative estimate of drug-likeness (QED) is 0.714. The van der Waals surface area contributed by atoms with Gasteiger partial charge >= 0.3 is 0 Å². The van der Waals surface area contributed by atoms with Gasteiger partial charge in [0, 0.05) is 12.1 Å². The fraction of sp³-hybridized carbons (Fsp3) is 0.500. The molecule has 1 aromatic carbocycles. The summed E-state index contributed by atoms with van der Waals surface area (Å²) in [5.41, 5.74) is 4.65. The van der Waals surface area contributed by atoms with Gasteiger partial charge in [-0.1, -0.05) is 13.8 Å². The number of rotatable bonds is 5. The maximum absolute atomic E-state index is 13.0. The third kappa shape index (κ3) is 4.87. The number of carbonyl (C=O) groups excluding carboxylic acids is 1. The smallest absolute Gasteiger partial charge is 0.251 e. The zero-order valence-electron chi connectivity index (χ0n) is 11.5. The number of amides is 1. The summed E-state index contributed by atoms with van der Waals surface area (Å²) < 4.78 is 13.0. The van der Waals surface area contributed by atoms with Crippen LogP contribution in [0, 0.1) is 11.7 Å². The molecule has 0 spiro atoms. The second-order valence-corrected chi connectivity index (χ2v) is 5.51. The summed E-state index contributed by atoms with van der Waals surface area (Å²) in [5, 5.41) is 12.7. The van der Waals surface area contributed by atoms with Gasteiger partial charge in [-0.3, -0.25) is 4.79 Å². The van der Waals surface area contributed by atoms with Crippen LogP contribution in [0.25, 0.3) is 0 Å². The predicted molar refractivity (Wildman–Crippen MR) is 73.2 cm³/mol. The molecule has 0 bridgehead atoms. The second-order valence-electron chi connectivity index (χ2n) is 5.51. The van der Waals surface area contributed by atoms with E-state index in [1.54, 1.807) is 6.92 Å². The molecule has 4 nitrogen and oxygen atoms in total. The van der Waals surface area contributed by atoms with Gasteiger partial charge in [0.1, 0.15) is 5.82 Å². The van der Waals surface area contributed by atoms with Crippen molar-refractivity contribution in [3.63, 3.8) is 0 Å². The second kappa shape index (κ2) is 6.02. The summed E-state index contributed by atoms with van der Waals surface area (Å²) in [6, 6.07) is 3.79. The minimum atomic E-state index is -0.963. The van der Waals surface area contributed by atoms with Crippen LogP contribution in [0.15, 0.2) is 18.2 Å². The number of halogens is 1. The molecule has 5 heteroatoms. The van der Waals surface area contributed by atoms with Gasteiger partial charge in [0.25, 0.3) is 5.91 Å².